The van der Waals surface area contributed by atoms with E-state index in [4.69, 9.17) is 4.74 Å². The van der Waals surface area contributed by atoms with Crippen molar-refractivity contribution in [2.45, 2.75) is 39.2 Å². The number of hydrogen-bond donors (Lipinski definition) is 1. The molecule has 1 N–H and O–H groups in total. The molecule has 2 aliphatic rings. The highest BCUT2D eigenvalue weighted by Crippen LogP contribution is 2.39. The number of carbonyl (C=O) groups excluding carboxylic acids is 2. The third-order valence-corrected chi connectivity index (χ3v) is 7.50. The number of amides is 1. The van der Waals surface area contributed by atoms with Crippen molar-refractivity contribution in [2.75, 3.05) is 39.4 Å². The number of Topliss-reactive ketones (excluding diaryl/α,β-unsaturated/α-hetero) is 1. The van der Waals surface area contributed by atoms with Crippen LogP contribution in [0.25, 0.3) is 11.4 Å². The van der Waals surface area contributed by atoms with Gasteiger partial charge >= 0.3 is 0 Å². The molecule has 1 atom stereocenters. The van der Waals surface area contributed by atoms with E-state index in [1.807, 2.05) is 42.5 Å². The van der Waals surface area contributed by atoms with Gasteiger partial charge in [0.25, 0.3) is 5.91 Å². The summed E-state index contributed by atoms with van der Waals surface area (Å²) in [5.41, 5.74) is 3.44. The maximum absolute atomic E-state index is 14.0. The van der Waals surface area contributed by atoms with Gasteiger partial charge in [-0.25, -0.2) is 4.98 Å². The molecule has 1 amide bonds. The Morgan fingerprint density at radius 2 is 1.86 bits per heavy atom. The fourth-order valence-corrected chi connectivity index (χ4v) is 5.43. The van der Waals surface area contributed by atoms with Crippen LogP contribution in [0.3, 0.4) is 0 Å². The molecule has 4 heterocycles. The summed E-state index contributed by atoms with van der Waals surface area (Å²) in [7, 11) is 0. The number of imidazole rings is 1. The number of aromatic nitrogens is 2. The highest BCUT2D eigenvalue weighted by atomic mass is 16.5. The molecule has 2 aliphatic heterocycles. The van der Waals surface area contributed by atoms with Gasteiger partial charge in [-0.2, -0.15) is 0 Å². The molecule has 3 aromatic rings. The number of quaternary nitrogens is 1. The van der Waals surface area contributed by atoms with E-state index >= 15 is 0 Å². The number of ether oxygens (including phenoxy) is 1. The van der Waals surface area contributed by atoms with Gasteiger partial charge in [-0.15, -0.1) is 0 Å². The Bertz CT molecular complexity index is 1340. The molecule has 5 rings (SSSR count). The molecule has 0 spiro atoms. The largest absolute Gasteiger partial charge is 0.871 e. The molecule has 1 aromatic carbocycles. The van der Waals surface area contributed by atoms with Gasteiger partial charge in [-0.1, -0.05) is 49.9 Å². The van der Waals surface area contributed by atoms with Gasteiger partial charge in [0.05, 0.1) is 37.2 Å². The van der Waals surface area contributed by atoms with Crippen molar-refractivity contribution in [1.82, 2.24) is 14.3 Å². The highest BCUT2D eigenvalue weighted by molar-refractivity contribution is 6.46. The van der Waals surface area contributed by atoms with Gasteiger partial charge in [0, 0.05) is 24.7 Å². The summed E-state index contributed by atoms with van der Waals surface area (Å²) in [6.45, 7) is 10.7. The van der Waals surface area contributed by atoms with Crippen molar-refractivity contribution >= 4 is 23.1 Å². The fraction of sp³-hybridized carbons (Fsp3) is 0.414. The Hall–Kier alpha value is -3.49. The second kappa shape index (κ2) is 10.5. The zero-order chi connectivity index (χ0) is 26.1. The number of aryl methyl sites for hydroxylation is 1. The van der Waals surface area contributed by atoms with E-state index in [0.717, 1.165) is 50.4 Å². The standard InChI is InChI=1S/C29H34N4O4/c1-19(2)21-8-10-22(11-9-21)26-24(27(34)25-20(3)30-23-7-4-5-13-32(23)25)28(35)29(36)33(26)14-6-12-31-15-17-37-18-16-31/h4-5,7-11,13,19,26,34H,6,12,14-18H2,1-3H3. The van der Waals surface area contributed by atoms with Crippen molar-refractivity contribution in [3.05, 3.63) is 76.7 Å². The van der Waals surface area contributed by atoms with Crippen LogP contribution in [0, 0.1) is 6.92 Å². The first-order chi connectivity index (χ1) is 17.9. The van der Waals surface area contributed by atoms with E-state index < -0.39 is 23.5 Å². The predicted molar refractivity (Wildman–Crippen MR) is 138 cm³/mol. The second-order valence-corrected chi connectivity index (χ2v) is 10.2. The van der Waals surface area contributed by atoms with Crippen molar-refractivity contribution in [2.24, 2.45) is 0 Å². The summed E-state index contributed by atoms with van der Waals surface area (Å²) < 4.78 is 7.15. The molecule has 2 aromatic heterocycles. The molecule has 1 unspecified atom stereocenters. The average Bonchev–Trinajstić information content (AvgIpc) is 3.37. The van der Waals surface area contributed by atoms with Crippen LogP contribution in [0.1, 0.15) is 54.7 Å². The lowest BCUT2D eigenvalue weighted by Gasteiger charge is -2.29. The van der Waals surface area contributed by atoms with Gasteiger partial charge < -0.3 is 24.0 Å². The van der Waals surface area contributed by atoms with Gasteiger partial charge in [0.1, 0.15) is 18.7 Å². The van der Waals surface area contributed by atoms with Crippen LogP contribution in [0.15, 0.2) is 54.2 Å². The summed E-state index contributed by atoms with van der Waals surface area (Å²) in [6.07, 6.45) is 2.50. The number of nitrogens with one attached hydrogen (secondary N) is 1. The highest BCUT2D eigenvalue weighted by Gasteiger charge is 2.44. The van der Waals surface area contributed by atoms with E-state index in [2.05, 4.69) is 18.8 Å². The van der Waals surface area contributed by atoms with Gasteiger partial charge in [-0.3, -0.25) is 9.59 Å². The average molecular weight is 503 g/mol. The molecule has 8 heteroatoms. The molecule has 0 saturated carbocycles. The summed E-state index contributed by atoms with van der Waals surface area (Å²) in [4.78, 5) is 34.3. The van der Waals surface area contributed by atoms with Gasteiger partial charge in [-0.05, 0) is 36.1 Å². The first-order valence-electron chi connectivity index (χ1n) is 13.1. The molecule has 194 valence electrons. The quantitative estimate of drug-likeness (QED) is 0.299. The first kappa shape index (κ1) is 25.2. The summed E-state index contributed by atoms with van der Waals surface area (Å²) in [5.74, 6) is -1.41. The van der Waals surface area contributed by atoms with Crippen LogP contribution < -0.4 is 10.0 Å². The molecule has 2 saturated heterocycles. The van der Waals surface area contributed by atoms with Crippen LogP contribution in [-0.2, 0) is 14.3 Å². The van der Waals surface area contributed by atoms with Crippen LogP contribution >= 0.6 is 0 Å². The fourth-order valence-electron chi connectivity index (χ4n) is 5.43. The number of rotatable bonds is 7. The maximum atomic E-state index is 14.0. The van der Waals surface area contributed by atoms with Gasteiger partial charge in [0.15, 0.2) is 0 Å². The third kappa shape index (κ3) is 4.79. The number of morpholine rings is 1. The van der Waals surface area contributed by atoms with Crippen LogP contribution in [0.2, 0.25) is 0 Å². The number of pyridine rings is 1. The summed E-state index contributed by atoms with van der Waals surface area (Å²) in [6, 6.07) is 12.7. The number of benzene rings is 1. The van der Waals surface area contributed by atoms with Gasteiger partial charge in [0.2, 0.25) is 5.78 Å². The summed E-state index contributed by atoms with van der Waals surface area (Å²) >= 11 is 0. The van der Waals surface area contributed by atoms with E-state index in [0.29, 0.717) is 29.5 Å². The number of fused-ring (bicyclic) bond motifs is 1. The van der Waals surface area contributed by atoms with Crippen molar-refractivity contribution in [3.8, 4) is 0 Å². The van der Waals surface area contributed by atoms with E-state index in [-0.39, 0.29) is 5.57 Å². The first-order valence-corrected chi connectivity index (χ1v) is 13.1. The minimum absolute atomic E-state index is 0.00905. The minimum atomic E-state index is -0.720. The molecule has 8 nitrogen and oxygen atoms in total. The minimum Gasteiger partial charge on any atom is -0.871 e. The summed E-state index contributed by atoms with van der Waals surface area (Å²) in [5, 5.41) is 14.0. The molecule has 0 aliphatic carbocycles. The molecular formula is C29H34N4O4. The molecule has 37 heavy (non-hydrogen) atoms. The Morgan fingerprint density at radius 3 is 2.57 bits per heavy atom. The smallest absolute Gasteiger partial charge is 0.295 e. The lowest BCUT2D eigenvalue weighted by atomic mass is 9.93. The molecule has 0 bridgehead atoms. The topological polar surface area (TPSA) is 91.4 Å². The lowest BCUT2D eigenvalue weighted by molar-refractivity contribution is -0.908. The second-order valence-electron chi connectivity index (χ2n) is 10.2. The number of likely N-dealkylation sites (tertiary alicyclic amines) is 1. The zero-order valence-electron chi connectivity index (χ0n) is 21.7. The third-order valence-electron chi connectivity index (χ3n) is 7.50. The molecule has 2 fully saturated rings. The predicted octanol–water partition coefficient (Wildman–Crippen LogP) is 1.30. The van der Waals surface area contributed by atoms with Crippen LogP contribution in [-0.4, -0.2) is 65.4 Å². The number of carbonyl (C=O) groups is 2. The van der Waals surface area contributed by atoms with Crippen molar-refractivity contribution in [3.63, 3.8) is 0 Å². The van der Waals surface area contributed by atoms with E-state index in [9.17, 15) is 14.7 Å². The monoisotopic (exact) mass is 502 g/mol. The van der Waals surface area contributed by atoms with E-state index in [1.54, 1.807) is 22.4 Å². The van der Waals surface area contributed by atoms with Crippen LogP contribution in [0.5, 0.6) is 0 Å². The molecule has 0 radical (unpaired) electrons. The Balaban J connectivity index is 1.55. The Morgan fingerprint density at radius 1 is 1.14 bits per heavy atom. The Labute approximate surface area is 217 Å². The van der Waals surface area contributed by atoms with Crippen molar-refractivity contribution in [1.29, 1.82) is 0 Å². The number of hydrogen-bond acceptors (Lipinski definition) is 5. The maximum Gasteiger partial charge on any atom is 0.295 e. The zero-order valence-corrected chi connectivity index (χ0v) is 21.7. The number of nitrogens with zero attached hydrogens (tertiary/aromatic N) is 3. The normalized spacial score (nSPS) is 20.4. The Kier molecular flexibility index (Phi) is 7.13. The number of ketones is 1. The van der Waals surface area contributed by atoms with Crippen molar-refractivity contribution < 1.29 is 24.3 Å². The van der Waals surface area contributed by atoms with E-state index in [1.165, 1.54) is 4.90 Å². The van der Waals surface area contributed by atoms with Crippen LogP contribution in [0.4, 0.5) is 0 Å². The SMILES string of the molecule is Cc1nc2ccccn2c1C([O-])=C1C(=O)C(=O)N(CCC[NH+]2CCOCC2)C1c1ccc(C(C)C)cc1. The molecular weight excluding hydrogens is 468 g/mol. The lowest BCUT2D eigenvalue weighted by Crippen LogP contribution is -3.14.